The number of aromatic nitrogens is 1. The molecule has 3 aromatic rings. The van der Waals surface area contributed by atoms with E-state index in [1.807, 2.05) is 49.5 Å². The van der Waals surface area contributed by atoms with Gasteiger partial charge in [0.15, 0.2) is 0 Å². The average molecular weight is 499 g/mol. The van der Waals surface area contributed by atoms with Crippen LogP contribution in [-0.2, 0) is 0 Å². The van der Waals surface area contributed by atoms with Crippen LogP contribution >= 0.6 is 23.2 Å². The van der Waals surface area contributed by atoms with E-state index in [-0.39, 0.29) is 22.9 Å². The van der Waals surface area contributed by atoms with Crippen LogP contribution in [0.15, 0.2) is 48.7 Å². The van der Waals surface area contributed by atoms with E-state index in [0.717, 1.165) is 35.5 Å². The van der Waals surface area contributed by atoms with Gasteiger partial charge in [-0.15, -0.1) is 0 Å². The number of halogens is 3. The van der Waals surface area contributed by atoms with Crippen molar-refractivity contribution in [2.45, 2.75) is 18.4 Å². The van der Waals surface area contributed by atoms with Crippen molar-refractivity contribution in [3.8, 4) is 11.1 Å². The summed E-state index contributed by atoms with van der Waals surface area (Å²) in [5, 5.41) is 6.90. The molecule has 1 aliphatic carbocycles. The predicted molar refractivity (Wildman–Crippen MR) is 134 cm³/mol. The van der Waals surface area contributed by atoms with E-state index in [1.165, 1.54) is 6.07 Å². The Morgan fingerprint density at radius 2 is 1.94 bits per heavy atom. The Morgan fingerprint density at radius 3 is 2.68 bits per heavy atom. The van der Waals surface area contributed by atoms with Crippen molar-refractivity contribution in [1.29, 1.82) is 0 Å². The third kappa shape index (κ3) is 4.38. The Bertz CT molecular complexity index is 1250. The number of pyridine rings is 1. The van der Waals surface area contributed by atoms with E-state index in [4.69, 9.17) is 23.2 Å². The Hall–Kier alpha value is -2.67. The fourth-order valence-electron chi connectivity index (χ4n) is 4.66. The second-order valence-corrected chi connectivity index (χ2v) is 9.97. The van der Waals surface area contributed by atoms with Crippen LogP contribution in [0.25, 0.3) is 11.1 Å². The van der Waals surface area contributed by atoms with Crippen LogP contribution in [-0.4, -0.2) is 43.0 Å². The highest BCUT2D eigenvalue weighted by Crippen LogP contribution is 2.61. The minimum absolute atomic E-state index is 0.0709. The number of benzene rings is 2. The largest absolute Gasteiger partial charge is 0.363 e. The number of fused-ring (bicyclic) bond motifs is 3. The summed E-state index contributed by atoms with van der Waals surface area (Å²) in [6.45, 7) is 1.39. The molecule has 2 aromatic carbocycles. The lowest BCUT2D eigenvalue weighted by Crippen LogP contribution is -2.31. The van der Waals surface area contributed by atoms with Crippen LogP contribution in [0.5, 0.6) is 0 Å². The molecule has 0 spiro atoms. The number of carbonyl (C=O) groups is 1. The van der Waals surface area contributed by atoms with Gasteiger partial charge < -0.3 is 15.5 Å². The zero-order valence-electron chi connectivity index (χ0n) is 18.9. The summed E-state index contributed by atoms with van der Waals surface area (Å²) < 4.78 is 14.1. The number of hydrogen-bond acceptors (Lipinski definition) is 4. The van der Waals surface area contributed by atoms with Gasteiger partial charge in [-0.05, 0) is 73.8 Å². The van der Waals surface area contributed by atoms with Crippen molar-refractivity contribution < 1.29 is 9.18 Å². The van der Waals surface area contributed by atoms with E-state index in [9.17, 15) is 9.18 Å². The fourth-order valence-corrected chi connectivity index (χ4v) is 5.27. The number of hydrogen-bond donors (Lipinski definition) is 2. The first-order valence-electron chi connectivity index (χ1n) is 11.3. The van der Waals surface area contributed by atoms with Crippen LogP contribution in [0.4, 0.5) is 10.2 Å². The minimum atomic E-state index is -0.469. The maximum absolute atomic E-state index is 14.1. The molecule has 0 bridgehead atoms. The molecule has 1 aliphatic heterocycles. The Balaban J connectivity index is 1.34. The molecular weight excluding hydrogens is 474 g/mol. The monoisotopic (exact) mass is 498 g/mol. The predicted octanol–water partition coefficient (Wildman–Crippen LogP) is 5.76. The number of nitrogens with one attached hydrogen (secondary N) is 2. The molecule has 5 nitrogen and oxygen atoms in total. The molecule has 176 valence electrons. The number of rotatable bonds is 6. The fraction of sp³-hybridized carbons (Fsp3) is 0.308. The average Bonchev–Trinajstić information content (AvgIpc) is 3.63. The lowest BCUT2D eigenvalue weighted by molar-refractivity contribution is 0.0951. The zero-order valence-corrected chi connectivity index (χ0v) is 20.4. The first-order chi connectivity index (χ1) is 16.3. The van der Waals surface area contributed by atoms with Crippen molar-refractivity contribution in [1.82, 2.24) is 15.2 Å². The van der Waals surface area contributed by atoms with Crippen LogP contribution in [0, 0.1) is 11.7 Å². The van der Waals surface area contributed by atoms with Crippen molar-refractivity contribution in [3.63, 3.8) is 0 Å². The molecule has 1 aromatic heterocycles. The molecule has 2 N–H and O–H groups in total. The van der Waals surface area contributed by atoms with Gasteiger partial charge in [0.1, 0.15) is 11.6 Å². The molecule has 8 heteroatoms. The van der Waals surface area contributed by atoms with Crippen LogP contribution in [0.3, 0.4) is 0 Å². The van der Waals surface area contributed by atoms with Crippen LogP contribution in [0.1, 0.15) is 39.9 Å². The SMILES string of the molecule is CN(C)CCNC(=O)c1ccc(-c2cnc3c(c2)C2C[C@H]2C(c2c(Cl)ccc(F)c2Cl)N3)cc1. The first-order valence-corrected chi connectivity index (χ1v) is 12.0. The second-order valence-electron chi connectivity index (χ2n) is 9.18. The van der Waals surface area contributed by atoms with Crippen LogP contribution < -0.4 is 10.6 Å². The first kappa shape index (κ1) is 23.1. The Morgan fingerprint density at radius 1 is 1.18 bits per heavy atom. The summed E-state index contributed by atoms with van der Waals surface area (Å²) in [5.74, 6) is 0.841. The molecule has 1 fully saturated rings. The number of carbonyl (C=O) groups excluding carboxylic acids is 1. The van der Waals surface area contributed by atoms with E-state index in [0.29, 0.717) is 28.6 Å². The van der Waals surface area contributed by atoms with Crippen molar-refractivity contribution in [2.75, 3.05) is 32.5 Å². The van der Waals surface area contributed by atoms with Crippen molar-refractivity contribution in [3.05, 3.63) is 81.2 Å². The van der Waals surface area contributed by atoms with E-state index in [2.05, 4.69) is 21.7 Å². The lowest BCUT2D eigenvalue weighted by atomic mass is 9.93. The molecule has 2 unspecified atom stereocenters. The minimum Gasteiger partial charge on any atom is -0.363 e. The molecule has 34 heavy (non-hydrogen) atoms. The highest BCUT2D eigenvalue weighted by molar-refractivity contribution is 6.36. The number of likely N-dealkylation sites (N-methyl/N-ethyl adjacent to an activating group) is 1. The van der Waals surface area contributed by atoms with Crippen LogP contribution in [0.2, 0.25) is 10.0 Å². The third-order valence-corrected chi connectivity index (χ3v) is 7.31. The van der Waals surface area contributed by atoms with E-state index >= 15 is 0 Å². The topological polar surface area (TPSA) is 57.3 Å². The standard InChI is InChI=1S/C26H25Cl2FN4O/c1-33(2)10-9-30-26(34)15-5-3-14(4-6-15)16-11-19-17-12-18(17)24(32-25(19)31-13-16)22-20(27)7-8-21(29)23(22)28/h3-8,11,13,17-18,24H,9-10,12H2,1-2H3,(H,30,34)(H,31,32)/t17?,18-,24?/m1/s1. The van der Waals surface area contributed by atoms with Gasteiger partial charge in [-0.3, -0.25) is 4.79 Å². The summed E-state index contributed by atoms with van der Waals surface area (Å²) >= 11 is 12.7. The highest BCUT2D eigenvalue weighted by atomic mass is 35.5. The Kier molecular flexibility index (Phi) is 6.23. The molecule has 2 heterocycles. The maximum atomic E-state index is 14.1. The molecule has 3 atom stereocenters. The highest BCUT2D eigenvalue weighted by Gasteiger charge is 2.50. The van der Waals surface area contributed by atoms with Gasteiger partial charge in [0, 0.05) is 41.0 Å². The summed E-state index contributed by atoms with van der Waals surface area (Å²) in [7, 11) is 3.94. The third-order valence-electron chi connectivity index (χ3n) is 6.59. The van der Waals surface area contributed by atoms with Gasteiger partial charge in [0.25, 0.3) is 5.91 Å². The van der Waals surface area contributed by atoms with E-state index in [1.54, 1.807) is 6.07 Å². The zero-order chi connectivity index (χ0) is 24.0. The summed E-state index contributed by atoms with van der Waals surface area (Å²) in [6.07, 6.45) is 2.78. The molecular formula is C26H25Cl2FN4O. The number of nitrogens with zero attached hydrogens (tertiary/aromatic N) is 2. The number of anilines is 1. The normalized spacial score (nSPS) is 20.4. The molecule has 1 amide bonds. The van der Waals surface area contributed by atoms with Crippen molar-refractivity contribution in [2.24, 2.45) is 5.92 Å². The lowest BCUT2D eigenvalue weighted by Gasteiger charge is -2.28. The van der Waals surface area contributed by atoms with Gasteiger partial charge >= 0.3 is 0 Å². The molecule has 2 aliphatic rings. The smallest absolute Gasteiger partial charge is 0.251 e. The molecule has 1 saturated carbocycles. The van der Waals surface area contributed by atoms with Crippen molar-refractivity contribution >= 4 is 34.9 Å². The molecule has 0 radical (unpaired) electrons. The Labute approximate surface area is 208 Å². The van der Waals surface area contributed by atoms with E-state index < -0.39 is 5.82 Å². The summed E-state index contributed by atoms with van der Waals surface area (Å²) in [6, 6.07) is 12.4. The van der Waals surface area contributed by atoms with Gasteiger partial charge in [0.2, 0.25) is 0 Å². The second kappa shape index (κ2) is 9.17. The number of amides is 1. The maximum Gasteiger partial charge on any atom is 0.251 e. The molecule has 0 saturated heterocycles. The quantitative estimate of drug-likeness (QED) is 0.424. The van der Waals surface area contributed by atoms with Gasteiger partial charge in [-0.1, -0.05) is 35.3 Å². The van der Waals surface area contributed by atoms with Gasteiger partial charge in [-0.2, -0.15) is 0 Å². The van der Waals surface area contributed by atoms with Gasteiger partial charge in [-0.25, -0.2) is 9.37 Å². The van der Waals surface area contributed by atoms with Gasteiger partial charge in [0.05, 0.1) is 11.1 Å². The molecule has 5 rings (SSSR count). The summed E-state index contributed by atoms with van der Waals surface area (Å²) in [5.41, 5.74) is 4.37. The summed E-state index contributed by atoms with van der Waals surface area (Å²) in [4.78, 5) is 19.0.